The standard InChI is InChI=1S/C14H22/c1-3-5-7-9-11-13-14-12-10-8-6-4-2/h1,10-13H,4-9,14H2,2H3/b12-10-,13-11-. The fourth-order valence-corrected chi connectivity index (χ4v) is 1.15. The average Bonchev–Trinajstić information content (AvgIpc) is 2.21. The Hall–Kier alpha value is -0.960. The number of hydrogen-bond donors (Lipinski definition) is 0. The summed E-state index contributed by atoms with van der Waals surface area (Å²) in [6.45, 7) is 2.22. The van der Waals surface area contributed by atoms with E-state index in [9.17, 15) is 0 Å². The third-order valence-electron chi connectivity index (χ3n) is 2.02. The molecule has 0 heterocycles. The smallest absolute Gasteiger partial charge is 0.00890 e. The highest BCUT2D eigenvalue weighted by Gasteiger charge is 1.79. The van der Waals surface area contributed by atoms with Crippen molar-refractivity contribution in [2.45, 2.75) is 51.9 Å². The van der Waals surface area contributed by atoms with Crippen molar-refractivity contribution in [3.05, 3.63) is 24.3 Å². The summed E-state index contributed by atoms with van der Waals surface area (Å²) in [4.78, 5) is 0. The zero-order chi connectivity index (χ0) is 10.5. The molecule has 0 radical (unpaired) electrons. The lowest BCUT2D eigenvalue weighted by Gasteiger charge is -1.88. The molecule has 0 atom stereocenters. The molecule has 0 fully saturated rings. The third kappa shape index (κ3) is 11.0. The van der Waals surface area contributed by atoms with Crippen molar-refractivity contribution in [2.75, 3.05) is 0 Å². The predicted octanol–water partition coefficient (Wildman–Crippen LogP) is 4.48. The lowest BCUT2D eigenvalue weighted by Crippen LogP contribution is -1.69. The highest BCUT2D eigenvalue weighted by atomic mass is 13.9. The van der Waals surface area contributed by atoms with Crippen molar-refractivity contribution in [2.24, 2.45) is 0 Å². The van der Waals surface area contributed by atoms with Gasteiger partial charge in [0.2, 0.25) is 0 Å². The van der Waals surface area contributed by atoms with E-state index in [1.807, 2.05) is 0 Å². The molecule has 14 heavy (non-hydrogen) atoms. The molecule has 0 aliphatic rings. The number of terminal acetylenes is 1. The van der Waals surface area contributed by atoms with E-state index >= 15 is 0 Å². The van der Waals surface area contributed by atoms with Gasteiger partial charge >= 0.3 is 0 Å². The maximum atomic E-state index is 5.15. The van der Waals surface area contributed by atoms with Gasteiger partial charge in [0.1, 0.15) is 0 Å². The van der Waals surface area contributed by atoms with Gasteiger partial charge in [0, 0.05) is 6.42 Å². The summed E-state index contributed by atoms with van der Waals surface area (Å²) >= 11 is 0. The molecule has 78 valence electrons. The van der Waals surface area contributed by atoms with Gasteiger partial charge in [0.05, 0.1) is 0 Å². The molecule has 0 N–H and O–H groups in total. The van der Waals surface area contributed by atoms with Crippen molar-refractivity contribution in [1.29, 1.82) is 0 Å². The second-order valence-electron chi connectivity index (χ2n) is 3.42. The van der Waals surface area contributed by atoms with Gasteiger partial charge in [-0.15, -0.1) is 12.3 Å². The van der Waals surface area contributed by atoms with Gasteiger partial charge in [-0.3, -0.25) is 0 Å². The van der Waals surface area contributed by atoms with Crippen molar-refractivity contribution in [3.63, 3.8) is 0 Å². The molecule has 0 nitrogen and oxygen atoms in total. The van der Waals surface area contributed by atoms with Crippen LogP contribution in [0, 0.1) is 12.3 Å². The van der Waals surface area contributed by atoms with E-state index in [1.165, 1.54) is 19.3 Å². The molecule has 0 aromatic rings. The van der Waals surface area contributed by atoms with Crippen LogP contribution in [0.3, 0.4) is 0 Å². The van der Waals surface area contributed by atoms with Crippen LogP contribution in [0.5, 0.6) is 0 Å². The molecule has 0 amide bonds. The quantitative estimate of drug-likeness (QED) is 0.301. The van der Waals surface area contributed by atoms with E-state index in [4.69, 9.17) is 6.42 Å². The lowest BCUT2D eigenvalue weighted by atomic mass is 10.2. The Bertz CT molecular complexity index is 191. The first kappa shape index (κ1) is 13.0. The molecule has 0 bridgehead atoms. The first-order valence-electron chi connectivity index (χ1n) is 5.65. The third-order valence-corrected chi connectivity index (χ3v) is 2.02. The van der Waals surface area contributed by atoms with Gasteiger partial charge in [-0.1, -0.05) is 44.1 Å². The summed E-state index contributed by atoms with van der Waals surface area (Å²) in [5.74, 6) is 2.65. The zero-order valence-corrected chi connectivity index (χ0v) is 9.34. The van der Waals surface area contributed by atoms with Crippen molar-refractivity contribution in [3.8, 4) is 12.3 Å². The summed E-state index contributed by atoms with van der Waals surface area (Å²) in [6.07, 6.45) is 22.1. The maximum Gasteiger partial charge on any atom is 0.00890 e. The fraction of sp³-hybridized carbons (Fsp3) is 0.571. The number of rotatable bonds is 8. The monoisotopic (exact) mass is 190 g/mol. The molecule has 0 aromatic carbocycles. The second kappa shape index (κ2) is 12.0. The molecular formula is C14H22. The SMILES string of the molecule is C#CCCC/C=C\C/C=C\CCCC. The highest BCUT2D eigenvalue weighted by molar-refractivity contribution is 4.93. The molecule has 0 spiro atoms. The minimum Gasteiger partial charge on any atom is -0.120 e. The normalized spacial score (nSPS) is 11.1. The lowest BCUT2D eigenvalue weighted by molar-refractivity contribution is 0.813. The van der Waals surface area contributed by atoms with E-state index in [0.717, 1.165) is 25.7 Å². The highest BCUT2D eigenvalue weighted by Crippen LogP contribution is 1.99. The molecule has 0 heteroatoms. The van der Waals surface area contributed by atoms with E-state index in [2.05, 4.69) is 37.1 Å². The topological polar surface area (TPSA) is 0 Å². The van der Waals surface area contributed by atoms with Crippen LogP contribution in [0.4, 0.5) is 0 Å². The maximum absolute atomic E-state index is 5.15. The summed E-state index contributed by atoms with van der Waals surface area (Å²) < 4.78 is 0. The second-order valence-corrected chi connectivity index (χ2v) is 3.42. The van der Waals surface area contributed by atoms with E-state index in [-0.39, 0.29) is 0 Å². The van der Waals surface area contributed by atoms with Gasteiger partial charge in [-0.25, -0.2) is 0 Å². The molecular weight excluding hydrogens is 168 g/mol. The van der Waals surface area contributed by atoms with Crippen LogP contribution < -0.4 is 0 Å². The van der Waals surface area contributed by atoms with Gasteiger partial charge in [0.15, 0.2) is 0 Å². The fourth-order valence-electron chi connectivity index (χ4n) is 1.15. The Morgan fingerprint density at radius 3 is 2.21 bits per heavy atom. The van der Waals surface area contributed by atoms with Crippen LogP contribution in [0.15, 0.2) is 24.3 Å². The van der Waals surface area contributed by atoms with Crippen molar-refractivity contribution in [1.82, 2.24) is 0 Å². The zero-order valence-electron chi connectivity index (χ0n) is 9.34. The van der Waals surface area contributed by atoms with Gasteiger partial charge in [-0.2, -0.15) is 0 Å². The Kier molecular flexibility index (Phi) is 11.2. The molecule has 0 aliphatic carbocycles. The first-order valence-corrected chi connectivity index (χ1v) is 5.65. The van der Waals surface area contributed by atoms with Crippen LogP contribution in [0.25, 0.3) is 0 Å². The average molecular weight is 190 g/mol. The van der Waals surface area contributed by atoms with Crippen molar-refractivity contribution >= 4 is 0 Å². The first-order chi connectivity index (χ1) is 6.91. The summed E-state index contributed by atoms with van der Waals surface area (Å²) in [5.41, 5.74) is 0. The molecule has 0 aromatic heterocycles. The van der Waals surface area contributed by atoms with Crippen molar-refractivity contribution < 1.29 is 0 Å². The summed E-state index contributed by atoms with van der Waals surface area (Å²) in [5, 5.41) is 0. The van der Waals surface area contributed by atoms with E-state index in [0.29, 0.717) is 0 Å². The number of allylic oxidation sites excluding steroid dienone is 4. The van der Waals surface area contributed by atoms with Gasteiger partial charge in [0.25, 0.3) is 0 Å². The van der Waals surface area contributed by atoms with E-state index < -0.39 is 0 Å². The molecule has 0 saturated carbocycles. The minimum absolute atomic E-state index is 0.899. The van der Waals surface area contributed by atoms with Crippen LogP contribution in [0.2, 0.25) is 0 Å². The largest absolute Gasteiger partial charge is 0.120 e. The Morgan fingerprint density at radius 2 is 1.64 bits per heavy atom. The predicted molar refractivity (Wildman–Crippen MR) is 65.1 cm³/mol. The van der Waals surface area contributed by atoms with E-state index in [1.54, 1.807) is 0 Å². The van der Waals surface area contributed by atoms with Gasteiger partial charge < -0.3 is 0 Å². The van der Waals surface area contributed by atoms with Crippen LogP contribution >= 0.6 is 0 Å². The van der Waals surface area contributed by atoms with Gasteiger partial charge in [-0.05, 0) is 25.7 Å². The van der Waals surface area contributed by atoms with Crippen LogP contribution in [-0.4, -0.2) is 0 Å². The van der Waals surface area contributed by atoms with Crippen LogP contribution in [-0.2, 0) is 0 Å². The Morgan fingerprint density at radius 1 is 1.00 bits per heavy atom. The number of hydrogen-bond acceptors (Lipinski definition) is 0. The molecule has 0 unspecified atom stereocenters. The Balaban J connectivity index is 3.18. The minimum atomic E-state index is 0.899. The summed E-state index contributed by atoms with van der Waals surface area (Å²) in [6, 6.07) is 0. The van der Waals surface area contributed by atoms with Crippen LogP contribution in [0.1, 0.15) is 51.9 Å². The number of unbranched alkanes of at least 4 members (excludes halogenated alkanes) is 4. The molecule has 0 saturated heterocycles. The Labute approximate surface area is 89.1 Å². The summed E-state index contributed by atoms with van der Waals surface area (Å²) in [7, 11) is 0. The molecule has 0 aliphatic heterocycles. The molecule has 0 rings (SSSR count).